The topological polar surface area (TPSA) is 29.3 Å². The molecule has 0 amide bonds. The van der Waals surface area contributed by atoms with Crippen LogP contribution < -0.4 is 5.73 Å². The molecule has 0 aromatic carbocycles. The summed E-state index contributed by atoms with van der Waals surface area (Å²) in [6.45, 7) is 7.07. The van der Waals surface area contributed by atoms with Crippen LogP contribution in [-0.2, 0) is 0 Å². The van der Waals surface area contributed by atoms with Crippen LogP contribution in [0, 0.1) is 11.8 Å². The molecule has 14 heavy (non-hydrogen) atoms. The Balaban J connectivity index is 0.000000845. The maximum atomic E-state index is 6.12. The van der Waals surface area contributed by atoms with Crippen LogP contribution in [0.3, 0.4) is 0 Å². The average molecular weight is 241 g/mol. The van der Waals surface area contributed by atoms with E-state index in [0.29, 0.717) is 12.1 Å². The van der Waals surface area contributed by atoms with Gasteiger partial charge in [-0.2, -0.15) is 0 Å². The number of nitrogens with zero attached hydrogens (tertiary/aromatic N) is 1. The molecule has 2 nitrogen and oxygen atoms in total. The van der Waals surface area contributed by atoms with E-state index in [4.69, 9.17) is 5.73 Å². The number of piperidine rings is 1. The van der Waals surface area contributed by atoms with E-state index >= 15 is 0 Å². The minimum absolute atomic E-state index is 0. The largest absolute Gasteiger partial charge is 0.327 e. The Morgan fingerprint density at radius 2 is 1.50 bits per heavy atom. The molecule has 0 aromatic rings. The molecule has 4 heteroatoms. The van der Waals surface area contributed by atoms with Gasteiger partial charge in [0.25, 0.3) is 0 Å². The SMILES string of the molecule is CC(C)N1CC2CCC(C1)C2N.Cl.Cl. The zero-order valence-electron chi connectivity index (χ0n) is 8.98. The van der Waals surface area contributed by atoms with Gasteiger partial charge in [-0.3, -0.25) is 0 Å². The fourth-order valence-corrected chi connectivity index (χ4v) is 2.72. The second kappa shape index (κ2) is 5.55. The molecule has 2 bridgehead atoms. The van der Waals surface area contributed by atoms with Gasteiger partial charge in [-0.05, 0) is 38.5 Å². The quantitative estimate of drug-likeness (QED) is 0.759. The lowest BCUT2D eigenvalue weighted by molar-refractivity contribution is 0.117. The van der Waals surface area contributed by atoms with Crippen molar-refractivity contribution in [1.82, 2.24) is 4.90 Å². The van der Waals surface area contributed by atoms with Crippen molar-refractivity contribution in [2.45, 2.75) is 38.8 Å². The third-order valence-corrected chi connectivity index (χ3v) is 3.67. The van der Waals surface area contributed by atoms with Crippen LogP contribution in [0.1, 0.15) is 26.7 Å². The van der Waals surface area contributed by atoms with Crippen molar-refractivity contribution in [2.24, 2.45) is 17.6 Å². The zero-order chi connectivity index (χ0) is 8.72. The fraction of sp³-hybridized carbons (Fsp3) is 1.00. The highest BCUT2D eigenvalue weighted by Crippen LogP contribution is 2.36. The smallest absolute Gasteiger partial charge is 0.0120 e. The van der Waals surface area contributed by atoms with Crippen LogP contribution in [0.4, 0.5) is 0 Å². The number of hydrogen-bond donors (Lipinski definition) is 1. The lowest BCUT2D eigenvalue weighted by Crippen LogP contribution is -2.50. The first kappa shape index (κ1) is 14.5. The zero-order valence-corrected chi connectivity index (χ0v) is 10.6. The van der Waals surface area contributed by atoms with E-state index in [-0.39, 0.29) is 24.8 Å². The molecule has 1 heterocycles. The van der Waals surface area contributed by atoms with E-state index in [2.05, 4.69) is 18.7 Å². The molecule has 0 aromatic heterocycles. The summed E-state index contributed by atoms with van der Waals surface area (Å²) in [6.07, 6.45) is 2.74. The van der Waals surface area contributed by atoms with Crippen LogP contribution in [0.5, 0.6) is 0 Å². The molecule has 2 atom stereocenters. The molecular formula is C10H22Cl2N2. The summed E-state index contributed by atoms with van der Waals surface area (Å²) >= 11 is 0. The molecular weight excluding hydrogens is 219 g/mol. The molecule has 1 saturated heterocycles. The Kier molecular flexibility index (Phi) is 5.75. The maximum Gasteiger partial charge on any atom is 0.0120 e. The van der Waals surface area contributed by atoms with Gasteiger partial charge in [0.1, 0.15) is 0 Å². The number of likely N-dealkylation sites (tertiary alicyclic amines) is 1. The van der Waals surface area contributed by atoms with Crippen LogP contribution in [0.25, 0.3) is 0 Å². The molecule has 2 unspecified atom stereocenters. The number of hydrogen-bond acceptors (Lipinski definition) is 2. The van der Waals surface area contributed by atoms with Crippen LogP contribution in [-0.4, -0.2) is 30.1 Å². The van der Waals surface area contributed by atoms with Gasteiger partial charge in [-0.15, -0.1) is 24.8 Å². The molecule has 2 rings (SSSR count). The summed E-state index contributed by atoms with van der Waals surface area (Å²) in [7, 11) is 0. The first-order valence-corrected chi connectivity index (χ1v) is 5.18. The fourth-order valence-electron chi connectivity index (χ4n) is 2.72. The maximum absolute atomic E-state index is 6.12. The Bertz CT molecular complexity index is 162. The van der Waals surface area contributed by atoms with Gasteiger partial charge in [0.05, 0.1) is 0 Å². The normalized spacial score (nSPS) is 36.4. The lowest BCUT2D eigenvalue weighted by atomic mass is 9.92. The van der Waals surface area contributed by atoms with E-state index in [0.717, 1.165) is 11.8 Å². The summed E-state index contributed by atoms with van der Waals surface area (Å²) in [6, 6.07) is 1.22. The predicted octanol–water partition coefficient (Wildman–Crippen LogP) is 1.91. The van der Waals surface area contributed by atoms with Crippen molar-refractivity contribution in [3.63, 3.8) is 0 Å². The van der Waals surface area contributed by atoms with Crippen LogP contribution in [0.2, 0.25) is 0 Å². The molecule has 1 saturated carbocycles. The van der Waals surface area contributed by atoms with Crippen molar-refractivity contribution in [3.05, 3.63) is 0 Å². The van der Waals surface area contributed by atoms with Gasteiger partial charge in [-0.25, -0.2) is 0 Å². The highest BCUT2D eigenvalue weighted by molar-refractivity contribution is 5.85. The second-order valence-corrected chi connectivity index (χ2v) is 4.72. The van der Waals surface area contributed by atoms with Crippen LogP contribution >= 0.6 is 24.8 Å². The third-order valence-electron chi connectivity index (χ3n) is 3.67. The van der Waals surface area contributed by atoms with E-state index in [1.807, 2.05) is 0 Å². The molecule has 0 radical (unpaired) electrons. The van der Waals surface area contributed by atoms with E-state index in [1.165, 1.54) is 25.9 Å². The Labute approximate surface area is 99.4 Å². The molecule has 1 aliphatic heterocycles. The van der Waals surface area contributed by atoms with E-state index < -0.39 is 0 Å². The minimum Gasteiger partial charge on any atom is -0.327 e. The van der Waals surface area contributed by atoms with Gasteiger partial charge < -0.3 is 10.6 Å². The standard InChI is InChI=1S/C10H20N2.2ClH/c1-7(2)12-5-8-3-4-9(6-12)10(8)11;;/h7-10H,3-6,11H2,1-2H3;2*1H. The van der Waals surface area contributed by atoms with Gasteiger partial charge >= 0.3 is 0 Å². The first-order valence-electron chi connectivity index (χ1n) is 5.18. The predicted molar refractivity (Wildman–Crippen MR) is 65.4 cm³/mol. The highest BCUT2D eigenvalue weighted by atomic mass is 35.5. The number of halogens is 2. The summed E-state index contributed by atoms with van der Waals surface area (Å²) in [5, 5.41) is 0. The number of fused-ring (bicyclic) bond motifs is 2. The first-order chi connectivity index (χ1) is 5.68. The summed E-state index contributed by atoms with van der Waals surface area (Å²) in [5.41, 5.74) is 6.12. The van der Waals surface area contributed by atoms with Gasteiger partial charge in [-0.1, -0.05) is 0 Å². The Morgan fingerprint density at radius 1 is 1.07 bits per heavy atom. The lowest BCUT2D eigenvalue weighted by Gasteiger charge is -2.38. The van der Waals surface area contributed by atoms with Crippen molar-refractivity contribution in [2.75, 3.05) is 13.1 Å². The minimum atomic E-state index is 0. The van der Waals surface area contributed by atoms with Crippen molar-refractivity contribution in [3.8, 4) is 0 Å². The Morgan fingerprint density at radius 3 is 1.86 bits per heavy atom. The van der Waals surface area contributed by atoms with Crippen LogP contribution in [0.15, 0.2) is 0 Å². The molecule has 0 spiro atoms. The number of nitrogens with two attached hydrogens (primary N) is 1. The van der Waals surface area contributed by atoms with Crippen molar-refractivity contribution >= 4 is 24.8 Å². The van der Waals surface area contributed by atoms with Gasteiger partial charge in [0.15, 0.2) is 0 Å². The third kappa shape index (κ3) is 2.54. The van der Waals surface area contributed by atoms with Crippen molar-refractivity contribution in [1.29, 1.82) is 0 Å². The monoisotopic (exact) mass is 240 g/mol. The highest BCUT2D eigenvalue weighted by Gasteiger charge is 2.40. The summed E-state index contributed by atoms with van der Waals surface area (Å²) < 4.78 is 0. The van der Waals surface area contributed by atoms with Crippen molar-refractivity contribution < 1.29 is 0 Å². The molecule has 2 aliphatic rings. The number of rotatable bonds is 1. The molecule has 2 N–H and O–H groups in total. The van der Waals surface area contributed by atoms with E-state index in [9.17, 15) is 0 Å². The average Bonchev–Trinajstić information content (AvgIpc) is 2.30. The Hall–Kier alpha value is 0.500. The van der Waals surface area contributed by atoms with E-state index in [1.54, 1.807) is 0 Å². The van der Waals surface area contributed by atoms with Gasteiger partial charge in [0.2, 0.25) is 0 Å². The second-order valence-electron chi connectivity index (χ2n) is 4.72. The van der Waals surface area contributed by atoms with Gasteiger partial charge in [0, 0.05) is 25.2 Å². The molecule has 1 aliphatic carbocycles. The molecule has 86 valence electrons. The summed E-state index contributed by atoms with van der Waals surface area (Å²) in [4.78, 5) is 2.59. The summed E-state index contributed by atoms with van der Waals surface area (Å²) in [5.74, 6) is 1.59. The molecule has 2 fully saturated rings.